The van der Waals surface area contributed by atoms with Crippen molar-refractivity contribution in [2.45, 2.75) is 319 Å². The van der Waals surface area contributed by atoms with Crippen LogP contribution in [0.1, 0.15) is 245 Å². The molecule has 0 aromatic rings. The molecule has 0 aromatic carbocycles. The number of amides is 1. The van der Waals surface area contributed by atoms with Crippen LogP contribution in [0.4, 0.5) is 0 Å². The van der Waals surface area contributed by atoms with Crippen LogP contribution in [0.2, 0.25) is 0 Å². The predicted molar refractivity (Wildman–Crippen MR) is 332 cm³/mol. The van der Waals surface area contributed by atoms with E-state index < -0.39 is 86.8 Å². The average molecular weight is 1160 g/mol. The highest BCUT2D eigenvalue weighted by Crippen LogP contribution is 2.30. The Hall–Kier alpha value is -2.83. The number of rotatable bonds is 52. The van der Waals surface area contributed by atoms with Gasteiger partial charge in [0, 0.05) is 6.42 Å². The van der Waals surface area contributed by atoms with E-state index in [1.165, 1.54) is 148 Å². The summed E-state index contributed by atoms with van der Waals surface area (Å²) in [5.41, 5.74) is 0. The third kappa shape index (κ3) is 36.9. The SMILES string of the molecule is CC/C=C\C/C=C\C/C=C\C/C=C\C/C=C\CCCCCCCCCCCCCCCCCCCCCCCC(=O)NC(COC1OC(CO)C(OC2OC(CO)C(O)C(O)C2O)C(O)C1O)C(O)/C=C/CC/C=C/CCCCCCC. The second-order valence-electron chi connectivity index (χ2n) is 22.9. The Kier molecular flexibility index (Phi) is 48.2. The molecule has 474 valence electrons. The predicted octanol–water partition coefficient (Wildman–Crippen LogP) is 12.4. The van der Waals surface area contributed by atoms with Crippen molar-refractivity contribution in [2.75, 3.05) is 19.8 Å². The van der Waals surface area contributed by atoms with Gasteiger partial charge in [0.2, 0.25) is 5.91 Å². The van der Waals surface area contributed by atoms with E-state index >= 15 is 0 Å². The van der Waals surface area contributed by atoms with Crippen LogP contribution in [-0.2, 0) is 23.7 Å². The van der Waals surface area contributed by atoms with Crippen LogP contribution in [0.5, 0.6) is 0 Å². The lowest BCUT2D eigenvalue weighted by atomic mass is 9.97. The molecule has 0 spiro atoms. The maximum absolute atomic E-state index is 13.2. The summed E-state index contributed by atoms with van der Waals surface area (Å²) >= 11 is 0. The van der Waals surface area contributed by atoms with E-state index in [0.29, 0.717) is 12.8 Å². The lowest BCUT2D eigenvalue weighted by molar-refractivity contribution is -0.359. The minimum Gasteiger partial charge on any atom is -0.394 e. The Bertz CT molecular complexity index is 1700. The Morgan fingerprint density at radius 3 is 1.34 bits per heavy atom. The molecular formula is C68H119NO13. The zero-order chi connectivity index (χ0) is 59.5. The van der Waals surface area contributed by atoms with Gasteiger partial charge in [-0.1, -0.05) is 247 Å². The molecule has 0 saturated carbocycles. The molecule has 12 unspecified atom stereocenters. The number of hydrogen-bond donors (Lipinski definition) is 9. The van der Waals surface area contributed by atoms with Crippen molar-refractivity contribution >= 4 is 5.91 Å². The smallest absolute Gasteiger partial charge is 0.220 e. The van der Waals surface area contributed by atoms with Gasteiger partial charge in [0.1, 0.15) is 48.8 Å². The summed E-state index contributed by atoms with van der Waals surface area (Å²) in [5, 5.41) is 87.0. The molecule has 14 heteroatoms. The van der Waals surface area contributed by atoms with E-state index in [1.807, 2.05) is 6.08 Å². The van der Waals surface area contributed by atoms with Gasteiger partial charge >= 0.3 is 0 Å². The minimum atomic E-state index is -1.79. The average Bonchev–Trinajstić information content (AvgIpc) is 3.22. The molecule has 82 heavy (non-hydrogen) atoms. The third-order valence-electron chi connectivity index (χ3n) is 15.6. The summed E-state index contributed by atoms with van der Waals surface area (Å²) in [5.74, 6) is -0.250. The number of aliphatic hydroxyl groups is 8. The highest BCUT2D eigenvalue weighted by molar-refractivity contribution is 5.76. The van der Waals surface area contributed by atoms with Gasteiger partial charge in [-0.05, 0) is 77.0 Å². The number of hydrogen-bond acceptors (Lipinski definition) is 13. The lowest BCUT2D eigenvalue weighted by Gasteiger charge is -2.46. The van der Waals surface area contributed by atoms with Crippen molar-refractivity contribution in [3.05, 3.63) is 85.1 Å². The van der Waals surface area contributed by atoms with Crippen molar-refractivity contribution in [1.82, 2.24) is 5.32 Å². The zero-order valence-corrected chi connectivity index (χ0v) is 51.2. The summed E-state index contributed by atoms with van der Waals surface area (Å²) in [6.45, 7) is 2.63. The number of carbonyl (C=O) groups excluding carboxylic acids is 1. The molecular weight excluding hydrogens is 1040 g/mol. The van der Waals surface area contributed by atoms with Crippen LogP contribution in [0.15, 0.2) is 85.1 Å². The summed E-state index contributed by atoms with van der Waals surface area (Å²) in [4.78, 5) is 13.2. The summed E-state index contributed by atoms with van der Waals surface area (Å²) < 4.78 is 22.7. The van der Waals surface area contributed by atoms with E-state index in [4.69, 9.17) is 18.9 Å². The van der Waals surface area contributed by atoms with Crippen LogP contribution < -0.4 is 5.32 Å². The lowest BCUT2D eigenvalue weighted by Crippen LogP contribution is -2.65. The number of ether oxygens (including phenoxy) is 4. The Morgan fingerprint density at radius 1 is 0.451 bits per heavy atom. The summed E-state index contributed by atoms with van der Waals surface area (Å²) in [6, 6.07) is -0.932. The topological polar surface area (TPSA) is 228 Å². The quantitative estimate of drug-likeness (QED) is 0.0204. The van der Waals surface area contributed by atoms with Gasteiger partial charge in [0.05, 0.1) is 32.0 Å². The second-order valence-corrected chi connectivity index (χ2v) is 22.9. The largest absolute Gasteiger partial charge is 0.394 e. The molecule has 2 heterocycles. The first-order chi connectivity index (χ1) is 40.1. The fourth-order valence-corrected chi connectivity index (χ4v) is 10.3. The molecule has 12 atom stereocenters. The number of allylic oxidation sites excluding steroid dienone is 13. The van der Waals surface area contributed by atoms with Gasteiger partial charge in [0.15, 0.2) is 12.6 Å². The van der Waals surface area contributed by atoms with E-state index in [9.17, 15) is 45.6 Å². The molecule has 2 saturated heterocycles. The first kappa shape index (κ1) is 75.3. The summed E-state index contributed by atoms with van der Waals surface area (Å²) in [6.07, 6.45) is 55.3. The van der Waals surface area contributed by atoms with Gasteiger partial charge < -0.3 is 65.1 Å². The number of aliphatic hydroxyl groups excluding tert-OH is 8. The normalized spacial score (nSPS) is 24.5. The molecule has 2 aliphatic rings. The Morgan fingerprint density at radius 2 is 0.854 bits per heavy atom. The molecule has 14 nitrogen and oxygen atoms in total. The van der Waals surface area contributed by atoms with Gasteiger partial charge in [-0.2, -0.15) is 0 Å². The maximum atomic E-state index is 13.2. The van der Waals surface area contributed by atoms with Crippen LogP contribution in [0.3, 0.4) is 0 Å². The minimum absolute atomic E-state index is 0.250. The highest BCUT2D eigenvalue weighted by atomic mass is 16.7. The van der Waals surface area contributed by atoms with Crippen LogP contribution in [0.25, 0.3) is 0 Å². The number of carbonyl (C=O) groups is 1. The molecule has 0 radical (unpaired) electrons. The fourth-order valence-electron chi connectivity index (χ4n) is 10.3. The van der Waals surface area contributed by atoms with Gasteiger partial charge in [-0.25, -0.2) is 0 Å². The van der Waals surface area contributed by atoms with Crippen LogP contribution in [0, 0.1) is 0 Å². The standard InChI is InChI=1S/C68H119NO13/c1-3-5-7-9-11-13-15-16-17-18-19-20-21-22-23-24-25-26-27-28-29-30-31-32-33-34-35-36-37-38-39-40-42-44-46-48-50-52-60(73)69-56(57(72)51-49-47-45-43-41-14-12-10-8-6-4-2)55-79-67-65(78)63(76)66(59(54-71)81-67)82-68-64(77)62(75)61(74)58(53-70)80-68/h5,7,11,13,16-17,19-20,22-23,41,43,49,51,56-59,61-68,70-72,74-78H,3-4,6,8-10,12,14-15,18,21,24-40,42,44-48,50,52-55H2,1-2H3,(H,69,73)/b7-5-,13-11-,17-16-,20-19-,23-22-,43-41+,51-49+. The van der Waals surface area contributed by atoms with Crippen molar-refractivity contribution in [2.24, 2.45) is 0 Å². The van der Waals surface area contributed by atoms with Crippen molar-refractivity contribution < 1.29 is 64.6 Å². The van der Waals surface area contributed by atoms with Gasteiger partial charge in [0.25, 0.3) is 0 Å². The Balaban J connectivity index is 1.57. The second kappa shape index (κ2) is 52.5. The van der Waals surface area contributed by atoms with Crippen molar-refractivity contribution in [3.8, 4) is 0 Å². The molecule has 2 aliphatic heterocycles. The number of nitrogens with one attached hydrogen (secondary N) is 1. The molecule has 9 N–H and O–H groups in total. The molecule has 2 fully saturated rings. The molecule has 2 rings (SSSR count). The molecule has 0 aromatic heterocycles. The zero-order valence-electron chi connectivity index (χ0n) is 51.2. The molecule has 0 aliphatic carbocycles. The van der Waals surface area contributed by atoms with Gasteiger partial charge in [-0.15, -0.1) is 0 Å². The van der Waals surface area contributed by atoms with Crippen LogP contribution >= 0.6 is 0 Å². The first-order valence-corrected chi connectivity index (χ1v) is 32.8. The Labute approximate surface area is 497 Å². The van der Waals surface area contributed by atoms with Crippen molar-refractivity contribution in [3.63, 3.8) is 0 Å². The van der Waals surface area contributed by atoms with E-state index in [0.717, 1.165) is 64.2 Å². The maximum Gasteiger partial charge on any atom is 0.220 e. The highest BCUT2D eigenvalue weighted by Gasteiger charge is 2.51. The van der Waals surface area contributed by atoms with E-state index in [2.05, 4.69) is 92.1 Å². The summed E-state index contributed by atoms with van der Waals surface area (Å²) in [7, 11) is 0. The monoisotopic (exact) mass is 1160 g/mol. The molecule has 1 amide bonds. The van der Waals surface area contributed by atoms with Crippen molar-refractivity contribution in [1.29, 1.82) is 0 Å². The van der Waals surface area contributed by atoms with Crippen LogP contribution in [-0.4, -0.2) is 140 Å². The van der Waals surface area contributed by atoms with E-state index in [1.54, 1.807) is 6.08 Å². The number of unbranched alkanes of at least 4 members (excludes halogenated alkanes) is 27. The van der Waals surface area contributed by atoms with Gasteiger partial charge in [-0.3, -0.25) is 4.79 Å². The molecule has 0 bridgehead atoms. The fraction of sp³-hybridized carbons (Fsp3) is 0.779. The van der Waals surface area contributed by atoms with E-state index in [-0.39, 0.29) is 18.9 Å². The first-order valence-electron chi connectivity index (χ1n) is 32.8. The third-order valence-corrected chi connectivity index (χ3v) is 15.6.